The number of fused-ring (bicyclic) bond motifs is 1. The molecule has 0 bridgehead atoms. The number of hydrogen-bond donors (Lipinski definition) is 0. The summed E-state index contributed by atoms with van der Waals surface area (Å²) in [7, 11) is -2.26. The molecule has 0 N–H and O–H groups in total. The summed E-state index contributed by atoms with van der Waals surface area (Å²) in [5, 5.41) is 0. The van der Waals surface area contributed by atoms with E-state index < -0.39 is 15.8 Å². The summed E-state index contributed by atoms with van der Waals surface area (Å²) >= 11 is 0. The summed E-state index contributed by atoms with van der Waals surface area (Å²) < 4.78 is 39.3. The second-order valence-corrected chi connectivity index (χ2v) is 7.50. The zero-order chi connectivity index (χ0) is 17.3. The molecule has 1 heterocycles. The van der Waals surface area contributed by atoms with Crippen molar-refractivity contribution in [3.05, 3.63) is 65.7 Å². The van der Waals surface area contributed by atoms with E-state index in [2.05, 4.69) is 9.97 Å². The van der Waals surface area contributed by atoms with Crippen molar-refractivity contribution in [2.75, 3.05) is 7.05 Å². The van der Waals surface area contributed by atoms with Gasteiger partial charge in [0.25, 0.3) is 0 Å². The smallest absolute Gasteiger partial charge is 0.243 e. The molecular weight excluding hydrogens is 329 g/mol. The summed E-state index contributed by atoms with van der Waals surface area (Å²) in [6.45, 7) is 1.89. The van der Waals surface area contributed by atoms with Gasteiger partial charge in [-0.1, -0.05) is 12.1 Å². The van der Waals surface area contributed by atoms with Crippen LogP contribution in [0.25, 0.3) is 11.0 Å². The van der Waals surface area contributed by atoms with E-state index in [1.165, 1.54) is 23.5 Å². The van der Waals surface area contributed by atoms with Crippen molar-refractivity contribution < 1.29 is 12.8 Å². The molecule has 0 spiro atoms. The Hall–Kier alpha value is -2.38. The predicted octanol–water partition coefficient (Wildman–Crippen LogP) is 2.90. The van der Waals surface area contributed by atoms with E-state index >= 15 is 0 Å². The Balaban J connectivity index is 1.92. The molecule has 7 heteroatoms. The third kappa shape index (κ3) is 3.13. The van der Waals surface area contributed by atoms with Crippen LogP contribution in [0.4, 0.5) is 4.39 Å². The molecule has 1 aromatic heterocycles. The highest BCUT2D eigenvalue weighted by Gasteiger charge is 2.22. The van der Waals surface area contributed by atoms with Crippen molar-refractivity contribution in [3.8, 4) is 0 Å². The Morgan fingerprint density at radius 3 is 2.21 bits per heavy atom. The molecule has 0 saturated carbocycles. The second kappa shape index (κ2) is 6.26. The van der Waals surface area contributed by atoms with Gasteiger partial charge in [-0.3, -0.25) is 0 Å². The van der Waals surface area contributed by atoms with Crippen LogP contribution in [0.3, 0.4) is 0 Å². The van der Waals surface area contributed by atoms with Crippen LogP contribution in [0.5, 0.6) is 0 Å². The van der Waals surface area contributed by atoms with Crippen molar-refractivity contribution >= 4 is 21.1 Å². The lowest BCUT2D eigenvalue weighted by Gasteiger charge is -2.18. The molecule has 3 rings (SSSR count). The zero-order valence-corrected chi connectivity index (χ0v) is 14.1. The number of aromatic nitrogens is 2. The Labute approximate surface area is 139 Å². The van der Waals surface area contributed by atoms with Gasteiger partial charge in [0.2, 0.25) is 10.0 Å². The van der Waals surface area contributed by atoms with Gasteiger partial charge in [-0.25, -0.2) is 22.8 Å². The van der Waals surface area contributed by atoms with Crippen LogP contribution in [0.1, 0.15) is 11.4 Å². The van der Waals surface area contributed by atoms with E-state index in [-0.39, 0.29) is 11.4 Å². The fraction of sp³-hybridized carbons (Fsp3) is 0.176. The highest BCUT2D eigenvalue weighted by atomic mass is 32.2. The maximum atomic E-state index is 13.0. The van der Waals surface area contributed by atoms with Crippen molar-refractivity contribution in [1.82, 2.24) is 14.3 Å². The van der Waals surface area contributed by atoms with E-state index in [1.807, 2.05) is 24.3 Å². The number of hydrogen-bond acceptors (Lipinski definition) is 4. The molecule has 0 unspecified atom stereocenters. The van der Waals surface area contributed by atoms with E-state index in [4.69, 9.17) is 0 Å². The van der Waals surface area contributed by atoms with Crippen molar-refractivity contribution in [3.63, 3.8) is 0 Å². The SMILES string of the molecule is Cc1nc2ccccc2nc1CN(C)S(=O)(=O)c1ccc(F)cc1. The summed E-state index contributed by atoms with van der Waals surface area (Å²) in [5.74, 6) is -0.479. The molecule has 2 aromatic carbocycles. The van der Waals surface area contributed by atoms with Crippen LogP contribution in [-0.4, -0.2) is 29.7 Å². The second-order valence-electron chi connectivity index (χ2n) is 5.46. The minimum atomic E-state index is -3.73. The lowest BCUT2D eigenvalue weighted by atomic mass is 10.2. The van der Waals surface area contributed by atoms with Gasteiger partial charge in [0.15, 0.2) is 0 Å². The van der Waals surface area contributed by atoms with Crippen LogP contribution >= 0.6 is 0 Å². The Kier molecular flexibility index (Phi) is 4.29. The molecule has 0 amide bonds. The van der Waals surface area contributed by atoms with Crippen molar-refractivity contribution in [2.45, 2.75) is 18.4 Å². The largest absolute Gasteiger partial charge is 0.250 e. The number of nitrogens with zero attached hydrogens (tertiary/aromatic N) is 3. The standard InChI is InChI=1S/C17H16FN3O2S/c1-12-17(20-16-6-4-3-5-15(16)19-12)11-21(2)24(22,23)14-9-7-13(18)8-10-14/h3-10H,11H2,1-2H3. The van der Waals surface area contributed by atoms with Gasteiger partial charge >= 0.3 is 0 Å². The Bertz CT molecular complexity index is 988. The Morgan fingerprint density at radius 1 is 1.00 bits per heavy atom. The van der Waals surface area contributed by atoms with Crippen LogP contribution in [-0.2, 0) is 16.6 Å². The number of halogens is 1. The van der Waals surface area contributed by atoms with Gasteiger partial charge < -0.3 is 0 Å². The van der Waals surface area contributed by atoms with Gasteiger partial charge in [0.1, 0.15) is 5.82 Å². The summed E-state index contributed by atoms with van der Waals surface area (Å²) in [6.07, 6.45) is 0. The summed E-state index contributed by atoms with van der Waals surface area (Å²) in [5.41, 5.74) is 2.74. The molecule has 0 saturated heterocycles. The van der Waals surface area contributed by atoms with Gasteiger partial charge in [-0.2, -0.15) is 4.31 Å². The average molecular weight is 345 g/mol. The van der Waals surface area contributed by atoms with E-state index in [0.717, 1.165) is 17.6 Å². The summed E-state index contributed by atoms with van der Waals surface area (Å²) in [6, 6.07) is 12.2. The topological polar surface area (TPSA) is 63.2 Å². The molecule has 3 aromatic rings. The third-order valence-corrected chi connectivity index (χ3v) is 5.55. The van der Waals surface area contributed by atoms with Gasteiger partial charge in [-0.15, -0.1) is 0 Å². The molecule has 5 nitrogen and oxygen atoms in total. The van der Waals surface area contributed by atoms with Gasteiger partial charge in [0, 0.05) is 7.05 Å². The first kappa shape index (κ1) is 16.5. The van der Waals surface area contributed by atoms with Gasteiger partial charge in [0.05, 0.1) is 33.9 Å². The lowest BCUT2D eigenvalue weighted by Crippen LogP contribution is -2.27. The molecule has 0 atom stereocenters. The number of para-hydroxylation sites is 2. The number of rotatable bonds is 4. The monoisotopic (exact) mass is 345 g/mol. The minimum absolute atomic E-state index is 0.0396. The van der Waals surface area contributed by atoms with Gasteiger partial charge in [-0.05, 0) is 43.3 Å². The van der Waals surface area contributed by atoms with Crippen LogP contribution in [0.15, 0.2) is 53.4 Å². The fourth-order valence-electron chi connectivity index (χ4n) is 2.36. The zero-order valence-electron chi connectivity index (χ0n) is 13.3. The number of aryl methyl sites for hydroxylation is 1. The first-order valence-corrected chi connectivity index (χ1v) is 8.76. The molecule has 0 radical (unpaired) electrons. The molecule has 0 aliphatic heterocycles. The average Bonchev–Trinajstić information content (AvgIpc) is 2.56. The lowest BCUT2D eigenvalue weighted by molar-refractivity contribution is 0.461. The molecule has 24 heavy (non-hydrogen) atoms. The first-order chi connectivity index (χ1) is 11.4. The minimum Gasteiger partial charge on any atom is -0.250 e. The quantitative estimate of drug-likeness (QED) is 0.729. The van der Waals surface area contributed by atoms with Crippen molar-refractivity contribution in [2.24, 2.45) is 0 Å². The highest BCUT2D eigenvalue weighted by Crippen LogP contribution is 2.19. The van der Waals surface area contributed by atoms with Crippen LogP contribution < -0.4 is 0 Å². The fourth-order valence-corrected chi connectivity index (χ4v) is 3.49. The third-order valence-electron chi connectivity index (χ3n) is 3.74. The Morgan fingerprint density at radius 2 is 1.58 bits per heavy atom. The number of sulfonamides is 1. The van der Waals surface area contributed by atoms with Crippen LogP contribution in [0.2, 0.25) is 0 Å². The number of benzene rings is 2. The maximum Gasteiger partial charge on any atom is 0.243 e. The van der Waals surface area contributed by atoms with Crippen LogP contribution in [0, 0.1) is 12.7 Å². The van der Waals surface area contributed by atoms with E-state index in [1.54, 1.807) is 6.92 Å². The molecule has 0 fully saturated rings. The molecule has 0 aliphatic rings. The van der Waals surface area contributed by atoms with E-state index in [0.29, 0.717) is 16.9 Å². The van der Waals surface area contributed by atoms with E-state index in [9.17, 15) is 12.8 Å². The summed E-state index contributed by atoms with van der Waals surface area (Å²) in [4.78, 5) is 9.01. The normalized spacial score (nSPS) is 12.0. The molecule has 0 aliphatic carbocycles. The highest BCUT2D eigenvalue weighted by molar-refractivity contribution is 7.89. The van der Waals surface area contributed by atoms with Crippen molar-refractivity contribution in [1.29, 1.82) is 0 Å². The predicted molar refractivity (Wildman–Crippen MR) is 89.3 cm³/mol. The maximum absolute atomic E-state index is 13.0. The first-order valence-electron chi connectivity index (χ1n) is 7.32. The molecule has 124 valence electrons. The molecular formula is C17H16FN3O2S.